The van der Waals surface area contributed by atoms with Crippen LogP contribution in [0.3, 0.4) is 0 Å². The summed E-state index contributed by atoms with van der Waals surface area (Å²) < 4.78 is 10.1. The molecule has 0 saturated carbocycles. The molecule has 0 aromatic heterocycles. The van der Waals surface area contributed by atoms with Crippen LogP contribution in [0.25, 0.3) is 0 Å². The molecule has 0 heterocycles. The van der Waals surface area contributed by atoms with E-state index in [2.05, 4.69) is 10.2 Å². The maximum atomic E-state index is 11.8. The first-order valence-electron chi connectivity index (χ1n) is 7.17. The van der Waals surface area contributed by atoms with Crippen molar-refractivity contribution in [1.82, 2.24) is 5.32 Å². The second-order valence-corrected chi connectivity index (χ2v) is 5.31. The van der Waals surface area contributed by atoms with E-state index in [1.54, 1.807) is 7.11 Å². The van der Waals surface area contributed by atoms with Crippen molar-refractivity contribution >= 4 is 11.7 Å². The number of nitrogens with zero attached hydrogens (tertiary/aromatic N) is 1. The standard InChI is InChI=1S/C16H26N2O3/c1-12(2)17-15(16(19)21-5)9-10-18(3)13-7-6-8-14(11-13)20-4/h6-8,11-12,15,17H,9-10H2,1-5H3. The normalized spacial score (nSPS) is 12.1. The first-order chi connectivity index (χ1) is 9.97. The number of anilines is 1. The van der Waals surface area contributed by atoms with Gasteiger partial charge in [0.2, 0.25) is 0 Å². The topological polar surface area (TPSA) is 50.8 Å². The van der Waals surface area contributed by atoms with Gasteiger partial charge in [0.25, 0.3) is 0 Å². The molecule has 1 N–H and O–H groups in total. The van der Waals surface area contributed by atoms with Gasteiger partial charge in [0, 0.05) is 31.4 Å². The summed E-state index contributed by atoms with van der Waals surface area (Å²) in [6.07, 6.45) is 0.679. The van der Waals surface area contributed by atoms with Crippen molar-refractivity contribution in [1.29, 1.82) is 0 Å². The fourth-order valence-corrected chi connectivity index (χ4v) is 2.11. The number of carbonyl (C=O) groups excluding carboxylic acids is 1. The molecule has 0 amide bonds. The van der Waals surface area contributed by atoms with E-state index in [0.29, 0.717) is 6.42 Å². The van der Waals surface area contributed by atoms with Gasteiger partial charge >= 0.3 is 5.97 Å². The summed E-state index contributed by atoms with van der Waals surface area (Å²) in [4.78, 5) is 13.9. The largest absolute Gasteiger partial charge is 0.497 e. The molecule has 0 bridgehead atoms. The summed E-state index contributed by atoms with van der Waals surface area (Å²) in [7, 11) is 5.07. The van der Waals surface area contributed by atoms with E-state index in [1.165, 1.54) is 7.11 Å². The quantitative estimate of drug-likeness (QED) is 0.744. The lowest BCUT2D eigenvalue weighted by Gasteiger charge is -2.24. The molecule has 1 aromatic carbocycles. The van der Waals surface area contributed by atoms with E-state index in [9.17, 15) is 4.79 Å². The maximum Gasteiger partial charge on any atom is 0.322 e. The number of rotatable bonds is 8. The lowest BCUT2D eigenvalue weighted by atomic mass is 10.1. The van der Waals surface area contributed by atoms with Crippen molar-refractivity contribution in [3.8, 4) is 5.75 Å². The second-order valence-electron chi connectivity index (χ2n) is 5.31. The molecule has 1 aromatic rings. The van der Waals surface area contributed by atoms with Crippen LogP contribution < -0.4 is 15.0 Å². The predicted octanol–water partition coefficient (Wildman–Crippen LogP) is 2.06. The van der Waals surface area contributed by atoms with E-state index in [0.717, 1.165) is 18.0 Å². The molecule has 0 aliphatic rings. The Morgan fingerprint density at radius 1 is 1.33 bits per heavy atom. The Morgan fingerprint density at radius 2 is 2.05 bits per heavy atom. The van der Waals surface area contributed by atoms with Gasteiger partial charge in [-0.15, -0.1) is 0 Å². The lowest BCUT2D eigenvalue weighted by molar-refractivity contribution is -0.143. The van der Waals surface area contributed by atoms with Crippen molar-refractivity contribution in [2.45, 2.75) is 32.4 Å². The Bertz CT molecular complexity index is 449. The van der Waals surface area contributed by atoms with E-state index in [1.807, 2.05) is 45.2 Å². The fraction of sp³-hybridized carbons (Fsp3) is 0.562. The third kappa shape index (κ3) is 5.63. The van der Waals surface area contributed by atoms with Crippen LogP contribution in [0.15, 0.2) is 24.3 Å². The highest BCUT2D eigenvalue weighted by Crippen LogP contribution is 2.20. The van der Waals surface area contributed by atoms with Crippen molar-refractivity contribution in [3.05, 3.63) is 24.3 Å². The summed E-state index contributed by atoms with van der Waals surface area (Å²) in [6.45, 7) is 4.77. The molecule has 5 nitrogen and oxygen atoms in total. The highest BCUT2D eigenvalue weighted by atomic mass is 16.5. The van der Waals surface area contributed by atoms with Crippen LogP contribution in [-0.2, 0) is 9.53 Å². The molecule has 118 valence electrons. The number of methoxy groups -OCH3 is 2. The zero-order chi connectivity index (χ0) is 15.8. The molecular formula is C16H26N2O3. The molecule has 1 rings (SSSR count). The number of nitrogens with one attached hydrogen (secondary N) is 1. The van der Waals surface area contributed by atoms with Gasteiger partial charge in [-0.2, -0.15) is 0 Å². The Hall–Kier alpha value is -1.75. The van der Waals surface area contributed by atoms with E-state index >= 15 is 0 Å². The Morgan fingerprint density at radius 3 is 2.62 bits per heavy atom. The zero-order valence-electron chi connectivity index (χ0n) is 13.6. The fourth-order valence-electron chi connectivity index (χ4n) is 2.11. The van der Waals surface area contributed by atoms with Crippen molar-refractivity contribution in [3.63, 3.8) is 0 Å². The SMILES string of the molecule is COC(=O)C(CCN(C)c1cccc(OC)c1)NC(C)C. The highest BCUT2D eigenvalue weighted by Gasteiger charge is 2.20. The molecule has 0 spiro atoms. The van der Waals surface area contributed by atoms with Crippen LogP contribution in [0.5, 0.6) is 5.75 Å². The second kappa shape index (κ2) is 8.52. The van der Waals surface area contributed by atoms with Gasteiger partial charge in [0.05, 0.1) is 14.2 Å². The summed E-state index contributed by atoms with van der Waals surface area (Å²) in [5, 5.41) is 3.23. The van der Waals surface area contributed by atoms with Gasteiger partial charge in [-0.05, 0) is 18.6 Å². The van der Waals surface area contributed by atoms with Gasteiger partial charge in [-0.25, -0.2) is 0 Å². The number of hydrogen-bond donors (Lipinski definition) is 1. The van der Waals surface area contributed by atoms with Gasteiger partial charge in [-0.1, -0.05) is 19.9 Å². The monoisotopic (exact) mass is 294 g/mol. The van der Waals surface area contributed by atoms with Crippen LogP contribution in [0, 0.1) is 0 Å². The summed E-state index contributed by atoms with van der Waals surface area (Å²) >= 11 is 0. The number of hydrogen-bond acceptors (Lipinski definition) is 5. The van der Waals surface area contributed by atoms with Crippen molar-refractivity contribution in [2.24, 2.45) is 0 Å². The van der Waals surface area contributed by atoms with Crippen LogP contribution >= 0.6 is 0 Å². The zero-order valence-corrected chi connectivity index (χ0v) is 13.6. The number of carbonyl (C=O) groups is 1. The average Bonchev–Trinajstić information content (AvgIpc) is 2.49. The summed E-state index contributed by atoms with van der Waals surface area (Å²) in [5.74, 6) is 0.604. The Balaban J connectivity index is 2.63. The third-order valence-electron chi connectivity index (χ3n) is 3.27. The average molecular weight is 294 g/mol. The molecule has 0 aliphatic heterocycles. The van der Waals surface area contributed by atoms with Gasteiger partial charge in [0.1, 0.15) is 11.8 Å². The smallest absolute Gasteiger partial charge is 0.322 e. The van der Waals surface area contributed by atoms with Crippen LogP contribution in [0.1, 0.15) is 20.3 Å². The minimum Gasteiger partial charge on any atom is -0.497 e. The van der Waals surface area contributed by atoms with Crippen molar-refractivity contribution in [2.75, 3.05) is 32.7 Å². The van der Waals surface area contributed by atoms with Crippen LogP contribution in [0.4, 0.5) is 5.69 Å². The van der Waals surface area contributed by atoms with E-state index < -0.39 is 0 Å². The Kier molecular flexibility index (Phi) is 7.02. The van der Waals surface area contributed by atoms with Gasteiger partial charge < -0.3 is 19.7 Å². The molecule has 0 saturated heterocycles. The first kappa shape index (κ1) is 17.3. The third-order valence-corrected chi connectivity index (χ3v) is 3.27. The number of ether oxygens (including phenoxy) is 2. The van der Waals surface area contributed by atoms with Crippen LogP contribution in [0.2, 0.25) is 0 Å². The molecule has 1 unspecified atom stereocenters. The molecule has 0 fully saturated rings. The molecule has 1 atom stereocenters. The minimum atomic E-state index is -0.289. The first-order valence-corrected chi connectivity index (χ1v) is 7.17. The van der Waals surface area contributed by atoms with E-state index in [-0.39, 0.29) is 18.1 Å². The van der Waals surface area contributed by atoms with Gasteiger partial charge in [0.15, 0.2) is 0 Å². The molecule has 5 heteroatoms. The number of esters is 1. The molecule has 21 heavy (non-hydrogen) atoms. The predicted molar refractivity (Wildman–Crippen MR) is 85.0 cm³/mol. The summed E-state index contributed by atoms with van der Waals surface area (Å²) in [5.41, 5.74) is 1.06. The molecule has 0 radical (unpaired) electrons. The molecule has 0 aliphatic carbocycles. The van der Waals surface area contributed by atoms with E-state index in [4.69, 9.17) is 9.47 Å². The minimum absolute atomic E-state index is 0.220. The Labute approximate surface area is 127 Å². The number of benzene rings is 1. The van der Waals surface area contributed by atoms with Gasteiger partial charge in [-0.3, -0.25) is 4.79 Å². The molecular weight excluding hydrogens is 268 g/mol. The summed E-state index contributed by atoms with van der Waals surface area (Å²) in [6, 6.07) is 7.80. The highest BCUT2D eigenvalue weighted by molar-refractivity contribution is 5.75. The van der Waals surface area contributed by atoms with Crippen molar-refractivity contribution < 1.29 is 14.3 Å². The maximum absolute atomic E-state index is 11.8. The lowest BCUT2D eigenvalue weighted by Crippen LogP contribution is -2.43. The van der Waals surface area contributed by atoms with Crippen LogP contribution in [-0.4, -0.2) is 45.9 Å².